The number of aryl methyl sites for hydroxylation is 22. The Morgan fingerprint density at radius 3 is 1.12 bits per heavy atom. The highest BCUT2D eigenvalue weighted by Crippen LogP contribution is 2.55. The fourth-order valence-corrected chi connectivity index (χ4v) is 22.9. The summed E-state index contributed by atoms with van der Waals surface area (Å²) in [5.74, 6) is 5.01. The number of benzene rings is 6. The van der Waals surface area contributed by atoms with Crippen molar-refractivity contribution in [1.82, 2.24) is 70.0 Å². The first-order valence-corrected chi connectivity index (χ1v) is 46.5. The summed E-state index contributed by atoms with van der Waals surface area (Å²) in [4.78, 5) is 56.3. The molecule has 0 N–H and O–H groups in total. The second kappa shape index (κ2) is 34.4. The fraction of sp³-hybridized carbons (Fsp3) is 0.418. The summed E-state index contributed by atoms with van der Waals surface area (Å²) in [7, 11) is 0. The topological polar surface area (TPSA) is 207 Å². The SMILES string of the molecule is Cc1nc(C)c2c(n1)-c1c(C)c(C)c(C)c(C)c1C2(C)C.Cc1nc(C)c2c(n1)C(C)(C)c1c(C)c(C)c(C)c(C)c1-2.Cc1nc(C)c2c(n1)oc1c(C)c(C)c(C)c(C)c12.Cc1nc(C)c2c(n1)sc1c(C)c(C)c(C)c(C)c12.Cc1nc(C)c2oc3c(C)c(C)c(C)c(C)c3c2n1.Cc1nc(C)c2sc3c(C)c(C)c(C)c(C)c3c2n1.Cc1nnc(C)c(C)c1C. The molecule has 11 aromatic heterocycles. The van der Waals surface area contributed by atoms with Crippen molar-refractivity contribution in [2.24, 2.45) is 0 Å². The van der Waals surface area contributed by atoms with Gasteiger partial charge in [0.25, 0.3) is 0 Å². The van der Waals surface area contributed by atoms with E-state index in [1.54, 1.807) is 11.3 Å². The summed E-state index contributed by atoms with van der Waals surface area (Å²) >= 11 is 3.64. The second-order valence-electron chi connectivity index (χ2n) is 37.9. The van der Waals surface area contributed by atoms with Crippen LogP contribution in [0.5, 0.6) is 0 Å². The third-order valence-corrected chi connectivity index (χ3v) is 32.3. The number of fused-ring (bicyclic) bond motifs is 18. The summed E-state index contributed by atoms with van der Waals surface area (Å²) < 4.78 is 16.1. The molecule has 0 saturated carbocycles. The van der Waals surface area contributed by atoms with Gasteiger partial charge in [0.1, 0.15) is 56.5 Å². The van der Waals surface area contributed by atoms with Crippen molar-refractivity contribution in [3.8, 4) is 22.4 Å². The molecule has 128 heavy (non-hydrogen) atoms. The van der Waals surface area contributed by atoms with Crippen molar-refractivity contribution in [1.29, 1.82) is 0 Å². The van der Waals surface area contributed by atoms with Gasteiger partial charge in [0, 0.05) is 69.9 Å². The van der Waals surface area contributed by atoms with Gasteiger partial charge in [-0.05, 0) is 438 Å². The Labute approximate surface area is 766 Å². The number of furan rings is 2. The molecule has 666 valence electrons. The monoisotopic (exact) mass is 1750 g/mol. The van der Waals surface area contributed by atoms with Gasteiger partial charge in [-0.15, -0.1) is 22.7 Å². The van der Waals surface area contributed by atoms with Crippen LogP contribution in [0.25, 0.3) is 107 Å². The maximum Gasteiger partial charge on any atom is 0.230 e. The third kappa shape index (κ3) is 15.5. The van der Waals surface area contributed by atoms with Crippen molar-refractivity contribution >= 4 is 107 Å². The van der Waals surface area contributed by atoms with Crippen molar-refractivity contribution < 1.29 is 8.83 Å². The van der Waals surface area contributed by atoms with Crippen LogP contribution in [0, 0.1) is 277 Å². The molecular weight excluding hydrogens is 1610 g/mol. The van der Waals surface area contributed by atoms with E-state index < -0.39 is 0 Å². The van der Waals surface area contributed by atoms with E-state index >= 15 is 0 Å². The van der Waals surface area contributed by atoms with E-state index in [1.807, 2.05) is 80.6 Å². The number of hydrogen-bond acceptors (Lipinski definition) is 18. The molecule has 0 spiro atoms. The Morgan fingerprint density at radius 1 is 0.203 bits per heavy atom. The minimum atomic E-state index is -0.0452. The second-order valence-corrected chi connectivity index (χ2v) is 39.9. The highest BCUT2D eigenvalue weighted by Gasteiger charge is 2.44. The molecule has 0 atom stereocenters. The minimum absolute atomic E-state index is 0.0181. The van der Waals surface area contributed by atoms with Gasteiger partial charge in [0.15, 0.2) is 5.58 Å². The predicted molar refractivity (Wildman–Crippen MR) is 539 cm³/mol. The summed E-state index contributed by atoms with van der Waals surface area (Å²) in [6.07, 6.45) is 0. The van der Waals surface area contributed by atoms with E-state index in [4.69, 9.17) is 23.8 Å². The van der Waals surface area contributed by atoms with Crippen LogP contribution in [0.1, 0.15) is 275 Å². The summed E-state index contributed by atoms with van der Waals surface area (Å²) in [6, 6.07) is 0. The van der Waals surface area contributed by atoms with E-state index in [0.29, 0.717) is 5.71 Å². The zero-order valence-corrected chi connectivity index (χ0v) is 86.5. The third-order valence-electron chi connectivity index (χ3n) is 29.7. The van der Waals surface area contributed by atoms with Crippen molar-refractivity contribution in [3.05, 3.63) is 248 Å². The van der Waals surface area contributed by atoms with E-state index in [1.165, 1.54) is 219 Å². The van der Waals surface area contributed by atoms with Crippen LogP contribution in [0.2, 0.25) is 0 Å². The summed E-state index contributed by atoms with van der Waals surface area (Å²) in [5, 5.41) is 15.3. The Kier molecular flexibility index (Phi) is 25.4. The van der Waals surface area contributed by atoms with Crippen LogP contribution < -0.4 is 0 Å². The largest absolute Gasteiger partial charge is 0.452 e. The van der Waals surface area contributed by atoms with Gasteiger partial charge in [0.05, 0.1) is 66.5 Å². The molecule has 18 heteroatoms. The van der Waals surface area contributed by atoms with Crippen LogP contribution in [-0.2, 0) is 10.8 Å². The lowest BCUT2D eigenvalue weighted by molar-refractivity contribution is 0.625. The fourth-order valence-electron chi connectivity index (χ4n) is 20.3. The average Bonchev–Trinajstić information content (AvgIpc) is 1.55. The molecule has 11 heterocycles. The van der Waals surface area contributed by atoms with E-state index in [9.17, 15) is 0 Å². The molecule has 19 rings (SSSR count). The molecule has 17 aromatic rings. The number of thiophene rings is 2. The molecule has 0 fully saturated rings. The Bertz CT molecular complexity index is 7260. The first kappa shape index (κ1) is 94.5. The number of rotatable bonds is 0. The number of hydrogen-bond donors (Lipinski definition) is 0. The van der Waals surface area contributed by atoms with Gasteiger partial charge in [-0.3, -0.25) is 0 Å². The van der Waals surface area contributed by atoms with Crippen molar-refractivity contribution in [2.75, 3.05) is 0 Å². The molecule has 0 amide bonds. The number of nitrogens with zero attached hydrogens (tertiary/aromatic N) is 14. The van der Waals surface area contributed by atoms with Crippen LogP contribution in [-0.4, -0.2) is 70.0 Å². The smallest absolute Gasteiger partial charge is 0.230 e. The maximum atomic E-state index is 6.06. The van der Waals surface area contributed by atoms with Gasteiger partial charge < -0.3 is 8.83 Å². The highest BCUT2D eigenvalue weighted by molar-refractivity contribution is 7.26. The lowest BCUT2D eigenvalue weighted by Gasteiger charge is -2.26. The average molecular weight is 1750 g/mol. The van der Waals surface area contributed by atoms with Crippen LogP contribution in [0.4, 0.5) is 0 Å². The zero-order valence-electron chi connectivity index (χ0n) is 84.9. The molecule has 0 unspecified atom stereocenters. The van der Waals surface area contributed by atoms with Crippen molar-refractivity contribution in [2.45, 2.75) is 315 Å². The molecule has 0 saturated heterocycles. The predicted octanol–water partition coefficient (Wildman–Crippen LogP) is 28.8. The first-order valence-electron chi connectivity index (χ1n) is 44.9. The number of aromatic nitrogens is 14. The van der Waals surface area contributed by atoms with E-state index in [-0.39, 0.29) is 10.8 Å². The Morgan fingerprint density at radius 2 is 0.578 bits per heavy atom. The van der Waals surface area contributed by atoms with Crippen LogP contribution >= 0.6 is 22.7 Å². The van der Waals surface area contributed by atoms with Crippen LogP contribution in [0.3, 0.4) is 0 Å². The lowest BCUT2D eigenvalue weighted by atomic mass is 9.77. The quantitative estimate of drug-likeness (QED) is 0.138. The molecule has 2 aliphatic carbocycles. The molecule has 16 nitrogen and oxygen atoms in total. The van der Waals surface area contributed by atoms with Gasteiger partial charge in [-0.2, -0.15) is 15.2 Å². The molecule has 0 bridgehead atoms. The summed E-state index contributed by atoms with van der Waals surface area (Å²) in [5.41, 5.74) is 59.4. The highest BCUT2D eigenvalue weighted by atomic mass is 32.1. The molecule has 6 aromatic carbocycles. The van der Waals surface area contributed by atoms with E-state index in [2.05, 4.69) is 290 Å². The van der Waals surface area contributed by atoms with Crippen molar-refractivity contribution in [3.63, 3.8) is 0 Å². The summed E-state index contributed by atoms with van der Waals surface area (Å²) in [6.45, 7) is 94.2. The van der Waals surface area contributed by atoms with Gasteiger partial charge in [-0.25, -0.2) is 54.8 Å². The van der Waals surface area contributed by atoms with Gasteiger partial charge in [0.2, 0.25) is 5.71 Å². The lowest BCUT2D eigenvalue weighted by Crippen LogP contribution is -2.19. The normalized spacial score (nSPS) is 12.7. The van der Waals surface area contributed by atoms with Gasteiger partial charge >= 0.3 is 0 Å². The zero-order chi connectivity index (χ0) is 94.7. The molecule has 2 aliphatic rings. The Hall–Kier alpha value is -11.1. The first-order chi connectivity index (χ1) is 59.6. The molecule has 0 radical (unpaired) electrons. The Balaban J connectivity index is 0.000000129. The van der Waals surface area contributed by atoms with Crippen LogP contribution in [0.15, 0.2) is 8.83 Å². The van der Waals surface area contributed by atoms with Gasteiger partial charge in [-0.1, -0.05) is 27.7 Å². The standard InChI is InChI=1S/2C19H24N2.2C16H18N2O.2C16H18N2S.C8H12N2/c1-9-10(2)12(4)17-15(11(9)3)16-13(5)20-14(6)21-18(16)19(17,7)8;1-9-10(2)12(4)16-15(11(9)3)18-17(19(16,7)8)13(5)20-14(6)21-18;1-7-8(2)10(4)15-13(9(7)3)14-16(19-15)11(5)17-12(6)18-14;1-7-8(2)10(4)15-13(9(7)3)14-11(5)17-12(6)18-16(14)19-15;1-7-8(2)10(4)15-13(9(7)3)14-16(19-15)11(5)17-12(6)18-14;1-7-8(2)10(4)15-13(9(7)3)14-11(5)17-12(6)18-16(14)19-15;1-5-6(2)8(4)10-9-7(5)3/h2*1-8H3;4*1-6H3;1-4H3. The minimum Gasteiger partial charge on any atom is -0.452 e. The molecular formula is C110H132N14O2S2. The maximum absolute atomic E-state index is 6.06. The molecule has 0 aliphatic heterocycles. The van der Waals surface area contributed by atoms with E-state index in [0.717, 1.165) is 130 Å².